The van der Waals surface area contributed by atoms with Crippen LogP contribution in [-0.4, -0.2) is 57.5 Å². The van der Waals surface area contributed by atoms with Crippen LogP contribution in [-0.2, 0) is 19.5 Å². The number of carbonyl (C=O) groups is 2. The third kappa shape index (κ3) is 4.24. The van der Waals surface area contributed by atoms with Gasteiger partial charge in [0.2, 0.25) is 5.09 Å². The summed E-state index contributed by atoms with van der Waals surface area (Å²) >= 11 is 0. The number of carbonyl (C=O) groups excluding carboxylic acids is 2. The Morgan fingerprint density at radius 3 is 2.57 bits per heavy atom. The molecule has 10 heteroatoms. The van der Waals surface area contributed by atoms with Gasteiger partial charge in [-0.25, -0.2) is 13.2 Å². The fourth-order valence-electron chi connectivity index (χ4n) is 2.66. The predicted molar refractivity (Wildman–Crippen MR) is 98.6 cm³/mol. The topological polar surface area (TPSA) is 115 Å². The minimum atomic E-state index is -3.84. The van der Waals surface area contributed by atoms with Crippen LogP contribution in [0.5, 0.6) is 0 Å². The van der Waals surface area contributed by atoms with Crippen molar-refractivity contribution in [2.75, 3.05) is 38.2 Å². The normalized spacial score (nSPS) is 15.2. The third-order valence-electron chi connectivity index (χ3n) is 4.04. The van der Waals surface area contributed by atoms with Crippen molar-refractivity contribution in [1.82, 2.24) is 4.31 Å². The molecule has 1 aromatic carbocycles. The van der Waals surface area contributed by atoms with E-state index in [9.17, 15) is 18.0 Å². The van der Waals surface area contributed by atoms with Gasteiger partial charge in [-0.05, 0) is 31.2 Å². The summed E-state index contributed by atoms with van der Waals surface area (Å²) in [7, 11) is -3.84. The number of nitrogens with zero attached hydrogens (tertiary/aromatic N) is 1. The summed E-state index contributed by atoms with van der Waals surface area (Å²) in [6.07, 6.45) is 0. The van der Waals surface area contributed by atoms with E-state index >= 15 is 0 Å². The molecule has 1 N–H and O–H groups in total. The SMILES string of the molecule is CCOC(=O)c1ccccc1NC(=O)c1ccc(S(=O)(=O)N2CCOCC2)o1. The second kappa shape index (κ2) is 8.55. The number of furan rings is 1. The van der Waals surface area contributed by atoms with Gasteiger partial charge in [-0.15, -0.1) is 0 Å². The van der Waals surface area contributed by atoms with E-state index in [2.05, 4.69) is 5.32 Å². The van der Waals surface area contributed by atoms with Crippen molar-refractivity contribution >= 4 is 27.6 Å². The Morgan fingerprint density at radius 1 is 1.14 bits per heavy atom. The summed E-state index contributed by atoms with van der Waals surface area (Å²) < 4.78 is 41.8. The van der Waals surface area contributed by atoms with Gasteiger partial charge in [0.25, 0.3) is 15.9 Å². The van der Waals surface area contributed by atoms with E-state index in [0.29, 0.717) is 13.2 Å². The first-order chi connectivity index (χ1) is 13.4. The molecule has 0 atom stereocenters. The molecule has 1 aliphatic rings. The molecule has 1 aliphatic heterocycles. The van der Waals surface area contributed by atoms with E-state index in [4.69, 9.17) is 13.9 Å². The molecule has 0 saturated carbocycles. The Hall–Kier alpha value is -2.69. The summed E-state index contributed by atoms with van der Waals surface area (Å²) in [5, 5.41) is 2.23. The number of hydrogen-bond donors (Lipinski definition) is 1. The molecule has 1 amide bonds. The van der Waals surface area contributed by atoms with Gasteiger partial charge < -0.3 is 19.2 Å². The second-order valence-corrected chi connectivity index (χ2v) is 7.72. The van der Waals surface area contributed by atoms with Crippen molar-refractivity contribution in [3.8, 4) is 0 Å². The number of hydrogen-bond acceptors (Lipinski definition) is 7. The van der Waals surface area contributed by atoms with E-state index in [1.807, 2.05) is 0 Å². The molecule has 0 bridgehead atoms. The number of benzene rings is 1. The number of esters is 1. The van der Waals surface area contributed by atoms with Crippen molar-refractivity contribution in [3.05, 3.63) is 47.7 Å². The number of sulfonamides is 1. The smallest absolute Gasteiger partial charge is 0.340 e. The molecular weight excluding hydrogens is 388 g/mol. The lowest BCUT2D eigenvalue weighted by Gasteiger charge is -2.24. The van der Waals surface area contributed by atoms with Crippen molar-refractivity contribution in [3.63, 3.8) is 0 Å². The summed E-state index contributed by atoms with van der Waals surface area (Å²) in [6.45, 7) is 2.92. The second-order valence-electron chi connectivity index (χ2n) is 5.86. The van der Waals surface area contributed by atoms with Crippen LogP contribution in [0.1, 0.15) is 27.8 Å². The van der Waals surface area contributed by atoms with Gasteiger partial charge in [0.05, 0.1) is 31.1 Å². The molecular formula is C18H20N2O7S. The Balaban J connectivity index is 1.78. The number of para-hydroxylation sites is 1. The average Bonchev–Trinajstić information content (AvgIpc) is 3.20. The molecule has 2 aromatic rings. The molecule has 1 fully saturated rings. The summed E-state index contributed by atoms with van der Waals surface area (Å²) in [5.74, 6) is -1.45. The van der Waals surface area contributed by atoms with E-state index in [1.165, 1.54) is 22.5 Å². The molecule has 1 saturated heterocycles. The van der Waals surface area contributed by atoms with Crippen LogP contribution in [0.3, 0.4) is 0 Å². The summed E-state index contributed by atoms with van der Waals surface area (Å²) in [4.78, 5) is 24.5. The molecule has 28 heavy (non-hydrogen) atoms. The lowest BCUT2D eigenvalue weighted by Crippen LogP contribution is -2.40. The van der Waals surface area contributed by atoms with Crippen LogP contribution in [0.25, 0.3) is 0 Å². The van der Waals surface area contributed by atoms with Crippen molar-refractivity contribution in [1.29, 1.82) is 0 Å². The number of anilines is 1. The van der Waals surface area contributed by atoms with E-state index in [0.717, 1.165) is 0 Å². The maximum atomic E-state index is 12.6. The maximum absolute atomic E-state index is 12.6. The number of amides is 1. The molecule has 2 heterocycles. The Labute approximate surface area is 162 Å². The van der Waals surface area contributed by atoms with Gasteiger partial charge in [-0.3, -0.25) is 4.79 Å². The lowest BCUT2D eigenvalue weighted by molar-refractivity contribution is 0.0527. The van der Waals surface area contributed by atoms with Gasteiger partial charge >= 0.3 is 5.97 Å². The predicted octanol–water partition coefficient (Wildman–Crippen LogP) is 1.73. The third-order valence-corrected chi connectivity index (χ3v) is 5.81. The van der Waals surface area contributed by atoms with E-state index < -0.39 is 21.9 Å². The van der Waals surface area contributed by atoms with Crippen molar-refractivity contribution in [2.45, 2.75) is 12.0 Å². The Kier molecular flexibility index (Phi) is 6.12. The fraction of sp³-hybridized carbons (Fsp3) is 0.333. The van der Waals surface area contributed by atoms with Crippen LogP contribution in [0.4, 0.5) is 5.69 Å². The minimum absolute atomic E-state index is 0.186. The highest BCUT2D eigenvalue weighted by Crippen LogP contribution is 2.22. The molecule has 0 radical (unpaired) electrons. The monoisotopic (exact) mass is 408 g/mol. The standard InChI is InChI=1S/C18H20N2O7S/c1-2-26-18(22)13-5-3-4-6-14(13)19-17(21)15-7-8-16(27-15)28(23,24)20-9-11-25-12-10-20/h3-8H,2,9-12H2,1H3,(H,19,21). The highest BCUT2D eigenvalue weighted by molar-refractivity contribution is 7.89. The lowest BCUT2D eigenvalue weighted by atomic mass is 10.1. The Bertz CT molecular complexity index is 962. The zero-order chi connectivity index (χ0) is 20.1. The number of nitrogens with one attached hydrogen (secondary N) is 1. The maximum Gasteiger partial charge on any atom is 0.340 e. The van der Waals surface area contributed by atoms with Crippen LogP contribution >= 0.6 is 0 Å². The van der Waals surface area contributed by atoms with Crippen LogP contribution in [0, 0.1) is 0 Å². The van der Waals surface area contributed by atoms with Crippen molar-refractivity contribution in [2.24, 2.45) is 0 Å². The number of rotatable bonds is 6. The Morgan fingerprint density at radius 2 is 1.86 bits per heavy atom. The average molecular weight is 408 g/mol. The quantitative estimate of drug-likeness (QED) is 0.724. The molecule has 150 valence electrons. The van der Waals surface area contributed by atoms with Crippen LogP contribution in [0.15, 0.2) is 45.9 Å². The zero-order valence-electron chi connectivity index (χ0n) is 15.2. The highest BCUT2D eigenvalue weighted by atomic mass is 32.2. The first-order valence-electron chi connectivity index (χ1n) is 8.68. The molecule has 1 aromatic heterocycles. The van der Waals surface area contributed by atoms with Crippen molar-refractivity contribution < 1.29 is 31.9 Å². The summed E-state index contributed by atoms with van der Waals surface area (Å²) in [5.41, 5.74) is 0.422. The van der Waals surface area contributed by atoms with E-state index in [1.54, 1.807) is 25.1 Å². The van der Waals surface area contributed by atoms with Crippen LogP contribution < -0.4 is 5.32 Å². The minimum Gasteiger partial charge on any atom is -0.462 e. The van der Waals surface area contributed by atoms with E-state index in [-0.39, 0.29) is 41.8 Å². The largest absolute Gasteiger partial charge is 0.462 e. The molecule has 0 spiro atoms. The summed E-state index contributed by atoms with van der Waals surface area (Å²) in [6, 6.07) is 8.85. The highest BCUT2D eigenvalue weighted by Gasteiger charge is 2.30. The zero-order valence-corrected chi connectivity index (χ0v) is 16.0. The molecule has 0 unspecified atom stereocenters. The number of morpholine rings is 1. The molecule has 9 nitrogen and oxygen atoms in total. The van der Waals surface area contributed by atoms with Gasteiger partial charge in [0.15, 0.2) is 5.76 Å². The molecule has 0 aliphatic carbocycles. The van der Waals surface area contributed by atoms with Gasteiger partial charge in [0.1, 0.15) is 0 Å². The fourth-order valence-corrected chi connectivity index (χ4v) is 3.98. The van der Waals surface area contributed by atoms with Gasteiger partial charge in [-0.2, -0.15) is 4.31 Å². The first kappa shape index (κ1) is 20.1. The van der Waals surface area contributed by atoms with Crippen LogP contribution in [0.2, 0.25) is 0 Å². The molecule has 3 rings (SSSR count). The number of ether oxygens (including phenoxy) is 2. The van der Waals surface area contributed by atoms with Gasteiger partial charge in [-0.1, -0.05) is 12.1 Å². The van der Waals surface area contributed by atoms with Gasteiger partial charge in [0, 0.05) is 13.1 Å². The first-order valence-corrected chi connectivity index (χ1v) is 10.1.